The molecule has 1 atom stereocenters. The van der Waals surface area contributed by atoms with E-state index >= 15 is 0 Å². The highest BCUT2D eigenvalue weighted by atomic mass is 19.1. The first-order valence-corrected chi connectivity index (χ1v) is 6.05. The molecule has 1 amide bonds. The molecule has 1 aliphatic heterocycles. The lowest BCUT2D eigenvalue weighted by Gasteiger charge is -2.31. The first kappa shape index (κ1) is 12.8. The third-order valence-electron chi connectivity index (χ3n) is 2.91. The number of rotatable bonds is 3. The number of ether oxygens (including phenoxy) is 1. The Kier molecular flexibility index (Phi) is 4.15. The summed E-state index contributed by atoms with van der Waals surface area (Å²) in [6, 6.07) is 6.38. The van der Waals surface area contributed by atoms with E-state index in [0.29, 0.717) is 13.1 Å². The van der Waals surface area contributed by atoms with Crippen LogP contribution in [-0.4, -0.2) is 43.1 Å². The molecule has 5 heteroatoms. The van der Waals surface area contributed by atoms with Crippen LogP contribution in [-0.2, 0) is 4.79 Å². The lowest BCUT2D eigenvalue weighted by atomic mass is 10.2. The predicted octanol–water partition coefficient (Wildman–Crippen LogP) is 1.02. The van der Waals surface area contributed by atoms with Gasteiger partial charge in [-0.05, 0) is 19.1 Å². The molecule has 1 unspecified atom stereocenters. The van der Waals surface area contributed by atoms with Gasteiger partial charge in [-0.3, -0.25) is 4.79 Å². The van der Waals surface area contributed by atoms with Crippen LogP contribution in [0.15, 0.2) is 24.3 Å². The van der Waals surface area contributed by atoms with Gasteiger partial charge in [0.15, 0.2) is 18.2 Å². The molecule has 0 aromatic heterocycles. The van der Waals surface area contributed by atoms with Crippen molar-refractivity contribution in [3.63, 3.8) is 0 Å². The van der Waals surface area contributed by atoms with Gasteiger partial charge in [-0.25, -0.2) is 4.39 Å². The lowest BCUT2D eigenvalue weighted by Crippen LogP contribution is -2.52. The maximum absolute atomic E-state index is 13.3. The van der Waals surface area contributed by atoms with Gasteiger partial charge in [-0.15, -0.1) is 0 Å². The molecule has 0 spiro atoms. The minimum atomic E-state index is -0.445. The molecule has 0 saturated carbocycles. The quantitative estimate of drug-likeness (QED) is 0.873. The standard InChI is InChI=1S/C13H17FN2O2/c1-10-8-16(7-6-15-10)13(17)9-18-12-5-3-2-4-11(12)14/h2-5,10,15H,6-9H2,1H3. The Hall–Kier alpha value is -1.62. The fraction of sp³-hybridized carbons (Fsp3) is 0.462. The molecular weight excluding hydrogens is 235 g/mol. The van der Waals surface area contributed by atoms with Crippen LogP contribution < -0.4 is 10.1 Å². The Morgan fingerprint density at radius 1 is 1.56 bits per heavy atom. The van der Waals surface area contributed by atoms with E-state index in [2.05, 4.69) is 5.32 Å². The zero-order valence-electron chi connectivity index (χ0n) is 10.4. The summed E-state index contributed by atoms with van der Waals surface area (Å²) in [5.41, 5.74) is 0. The minimum absolute atomic E-state index is 0.105. The van der Waals surface area contributed by atoms with Crippen molar-refractivity contribution in [1.82, 2.24) is 10.2 Å². The number of amides is 1. The van der Waals surface area contributed by atoms with Crippen molar-refractivity contribution in [2.75, 3.05) is 26.2 Å². The van der Waals surface area contributed by atoms with Crippen molar-refractivity contribution in [1.29, 1.82) is 0 Å². The fourth-order valence-electron chi connectivity index (χ4n) is 1.95. The summed E-state index contributed by atoms with van der Waals surface area (Å²) in [6.45, 7) is 4.03. The molecule has 0 radical (unpaired) electrons. The van der Waals surface area contributed by atoms with Crippen LogP contribution in [0, 0.1) is 5.82 Å². The maximum Gasteiger partial charge on any atom is 0.260 e. The van der Waals surface area contributed by atoms with Crippen LogP contribution in [0.2, 0.25) is 0 Å². The number of nitrogens with one attached hydrogen (secondary N) is 1. The Morgan fingerprint density at radius 3 is 3.06 bits per heavy atom. The van der Waals surface area contributed by atoms with Gasteiger partial charge < -0.3 is 15.0 Å². The fourth-order valence-corrected chi connectivity index (χ4v) is 1.95. The van der Waals surface area contributed by atoms with Crippen molar-refractivity contribution in [2.24, 2.45) is 0 Å². The summed E-state index contributed by atoms with van der Waals surface area (Å²) in [6.07, 6.45) is 0. The molecule has 4 nitrogen and oxygen atoms in total. The van der Waals surface area contributed by atoms with E-state index in [9.17, 15) is 9.18 Å². The van der Waals surface area contributed by atoms with Crippen molar-refractivity contribution < 1.29 is 13.9 Å². The van der Waals surface area contributed by atoms with Crippen LogP contribution in [0.5, 0.6) is 5.75 Å². The summed E-state index contributed by atoms with van der Waals surface area (Å²) >= 11 is 0. The van der Waals surface area contributed by atoms with E-state index < -0.39 is 5.82 Å². The molecule has 0 bridgehead atoms. The van der Waals surface area contributed by atoms with Crippen LogP contribution in [0.3, 0.4) is 0 Å². The second-order valence-electron chi connectivity index (χ2n) is 4.41. The van der Waals surface area contributed by atoms with Crippen molar-refractivity contribution >= 4 is 5.91 Å². The first-order chi connectivity index (χ1) is 8.66. The normalized spacial score (nSPS) is 19.7. The number of carbonyl (C=O) groups excluding carboxylic acids is 1. The smallest absolute Gasteiger partial charge is 0.260 e. The van der Waals surface area contributed by atoms with Crippen LogP contribution >= 0.6 is 0 Å². The summed E-state index contributed by atoms with van der Waals surface area (Å²) in [5, 5.41) is 3.26. The largest absolute Gasteiger partial charge is 0.481 e. The number of carbonyl (C=O) groups is 1. The summed E-state index contributed by atoms with van der Waals surface area (Å²) < 4.78 is 18.5. The molecule has 1 aliphatic rings. The highest BCUT2D eigenvalue weighted by Crippen LogP contribution is 2.15. The zero-order chi connectivity index (χ0) is 13.0. The van der Waals surface area contributed by atoms with Crippen molar-refractivity contribution in [3.05, 3.63) is 30.1 Å². The number of benzene rings is 1. The summed E-state index contributed by atoms with van der Waals surface area (Å²) in [4.78, 5) is 13.6. The second kappa shape index (κ2) is 5.82. The van der Waals surface area contributed by atoms with Gasteiger partial charge in [0.1, 0.15) is 0 Å². The van der Waals surface area contributed by atoms with E-state index in [0.717, 1.165) is 6.54 Å². The van der Waals surface area contributed by atoms with Gasteiger partial charge in [0.05, 0.1) is 0 Å². The Morgan fingerprint density at radius 2 is 2.33 bits per heavy atom. The molecule has 1 saturated heterocycles. The van der Waals surface area contributed by atoms with Crippen molar-refractivity contribution in [2.45, 2.75) is 13.0 Å². The zero-order valence-corrected chi connectivity index (χ0v) is 10.4. The molecule has 1 heterocycles. The second-order valence-corrected chi connectivity index (χ2v) is 4.41. The predicted molar refractivity (Wildman–Crippen MR) is 65.9 cm³/mol. The molecule has 1 aromatic carbocycles. The monoisotopic (exact) mass is 252 g/mol. The van der Waals surface area contributed by atoms with Crippen molar-refractivity contribution in [3.8, 4) is 5.75 Å². The third kappa shape index (κ3) is 3.20. The molecule has 1 aromatic rings. The van der Waals surface area contributed by atoms with E-state index in [1.807, 2.05) is 6.92 Å². The first-order valence-electron chi connectivity index (χ1n) is 6.05. The third-order valence-corrected chi connectivity index (χ3v) is 2.91. The average Bonchev–Trinajstić information content (AvgIpc) is 2.37. The van der Waals surface area contributed by atoms with Gasteiger partial charge in [-0.1, -0.05) is 12.1 Å². The van der Waals surface area contributed by atoms with E-state index in [1.165, 1.54) is 12.1 Å². The van der Waals surface area contributed by atoms with Crippen LogP contribution in [0.4, 0.5) is 4.39 Å². The summed E-state index contributed by atoms with van der Waals surface area (Å²) in [5.74, 6) is -0.431. The van der Waals surface area contributed by atoms with Gasteiger partial charge in [0.2, 0.25) is 0 Å². The highest BCUT2D eigenvalue weighted by molar-refractivity contribution is 5.78. The number of para-hydroxylation sites is 1. The molecule has 98 valence electrons. The Labute approximate surface area is 106 Å². The molecule has 0 aliphatic carbocycles. The number of nitrogens with zero attached hydrogens (tertiary/aromatic N) is 1. The molecule has 1 N–H and O–H groups in total. The van der Waals surface area contributed by atoms with Gasteiger partial charge >= 0.3 is 0 Å². The minimum Gasteiger partial charge on any atom is -0.481 e. The van der Waals surface area contributed by atoms with Crippen LogP contribution in [0.1, 0.15) is 6.92 Å². The molecule has 1 fully saturated rings. The molecular formula is C13H17FN2O2. The van der Waals surface area contributed by atoms with Gasteiger partial charge in [0.25, 0.3) is 5.91 Å². The maximum atomic E-state index is 13.3. The van der Waals surface area contributed by atoms with E-state index in [-0.39, 0.29) is 24.3 Å². The van der Waals surface area contributed by atoms with Crippen LogP contribution in [0.25, 0.3) is 0 Å². The number of piperazine rings is 1. The molecule has 18 heavy (non-hydrogen) atoms. The van der Waals surface area contributed by atoms with E-state index in [1.54, 1.807) is 17.0 Å². The summed E-state index contributed by atoms with van der Waals surface area (Å²) in [7, 11) is 0. The Bertz CT molecular complexity index is 425. The van der Waals surface area contributed by atoms with Gasteiger partial charge in [-0.2, -0.15) is 0 Å². The Balaban J connectivity index is 1.86. The van der Waals surface area contributed by atoms with E-state index in [4.69, 9.17) is 4.74 Å². The number of hydrogen-bond acceptors (Lipinski definition) is 3. The lowest BCUT2D eigenvalue weighted by molar-refractivity contribution is -0.134. The molecule has 2 rings (SSSR count). The topological polar surface area (TPSA) is 41.6 Å². The van der Waals surface area contributed by atoms with Gasteiger partial charge in [0, 0.05) is 25.7 Å². The number of halogens is 1. The highest BCUT2D eigenvalue weighted by Gasteiger charge is 2.20. The number of hydrogen-bond donors (Lipinski definition) is 1. The average molecular weight is 252 g/mol. The SMILES string of the molecule is CC1CN(C(=O)COc2ccccc2F)CCN1.